The third kappa shape index (κ3) is 5.85. The van der Waals surface area contributed by atoms with Crippen molar-refractivity contribution >= 4 is 38.3 Å². The number of carbonyl (C=O) groups is 1. The highest BCUT2D eigenvalue weighted by molar-refractivity contribution is 7.22. The lowest BCUT2D eigenvalue weighted by molar-refractivity contribution is -0.125. The number of hydrogen-bond acceptors (Lipinski definition) is 5. The minimum Gasteiger partial charge on any atom is -0.372 e. The summed E-state index contributed by atoms with van der Waals surface area (Å²) in [7, 11) is 0. The van der Waals surface area contributed by atoms with Gasteiger partial charge in [-0.3, -0.25) is 4.79 Å². The van der Waals surface area contributed by atoms with Crippen LogP contribution in [0.1, 0.15) is 44.2 Å². The number of carbonyl (C=O) groups excluding carboxylic acids is 1. The first-order chi connectivity index (χ1) is 16.1. The molecule has 0 aliphatic carbocycles. The Labute approximate surface area is 201 Å². The van der Waals surface area contributed by atoms with Crippen LogP contribution in [-0.4, -0.2) is 43.6 Å². The predicted molar refractivity (Wildman–Crippen MR) is 141 cm³/mol. The molecule has 3 aromatic rings. The predicted octanol–water partition coefficient (Wildman–Crippen LogP) is 5.42. The number of thiazole rings is 1. The first-order valence-electron chi connectivity index (χ1n) is 12.3. The van der Waals surface area contributed by atoms with E-state index in [0.29, 0.717) is 0 Å². The molecule has 0 unspecified atom stereocenters. The molecule has 1 saturated heterocycles. The zero-order chi connectivity index (χ0) is 23.2. The summed E-state index contributed by atoms with van der Waals surface area (Å²) in [5.41, 5.74) is 4.98. The van der Waals surface area contributed by atoms with Crippen LogP contribution < -0.4 is 15.1 Å². The molecule has 0 saturated carbocycles. The Kier molecular flexibility index (Phi) is 7.86. The van der Waals surface area contributed by atoms with E-state index in [2.05, 4.69) is 78.4 Å². The van der Waals surface area contributed by atoms with Gasteiger partial charge in [-0.2, -0.15) is 0 Å². The normalized spacial score (nSPS) is 14.6. The Morgan fingerprint density at radius 1 is 1.18 bits per heavy atom. The fourth-order valence-electron chi connectivity index (χ4n) is 4.57. The summed E-state index contributed by atoms with van der Waals surface area (Å²) < 4.78 is 1.26. The van der Waals surface area contributed by atoms with Gasteiger partial charge in [-0.25, -0.2) is 4.98 Å². The van der Waals surface area contributed by atoms with Gasteiger partial charge < -0.3 is 15.1 Å². The van der Waals surface area contributed by atoms with Gasteiger partial charge in [0.05, 0.1) is 10.2 Å². The van der Waals surface area contributed by atoms with E-state index in [9.17, 15) is 4.79 Å². The van der Waals surface area contributed by atoms with Crippen molar-refractivity contribution in [1.82, 2.24) is 10.3 Å². The van der Waals surface area contributed by atoms with E-state index in [1.54, 1.807) is 11.3 Å². The maximum Gasteiger partial charge on any atom is 0.223 e. The Balaban J connectivity index is 1.22. The van der Waals surface area contributed by atoms with Crippen LogP contribution in [0, 0.1) is 12.8 Å². The summed E-state index contributed by atoms with van der Waals surface area (Å²) in [5.74, 6) is 0.325. The molecule has 2 heterocycles. The number of nitrogens with one attached hydrogen (secondary N) is 1. The first kappa shape index (κ1) is 23.6. The lowest BCUT2D eigenvalue weighted by Crippen LogP contribution is -2.41. The van der Waals surface area contributed by atoms with Crippen molar-refractivity contribution in [3.05, 3.63) is 53.6 Å². The number of nitrogens with zero attached hydrogens (tertiary/aromatic N) is 3. The number of piperidine rings is 1. The Morgan fingerprint density at radius 2 is 2.00 bits per heavy atom. The standard InChI is InChI=1S/C27H36N4OS/c1-4-21-10-11-24-25(19-21)33-27(29-24)31-16-12-22(13-17-31)26(32)28-14-7-15-30(5-2)23-9-6-8-20(3)18-23/h6,8-11,18-19,22H,4-5,7,12-17H2,1-3H3,(H,28,32). The molecule has 176 valence electrons. The average Bonchev–Trinajstić information content (AvgIpc) is 3.27. The van der Waals surface area contributed by atoms with Crippen LogP contribution in [0.15, 0.2) is 42.5 Å². The van der Waals surface area contributed by atoms with Crippen molar-refractivity contribution in [3.8, 4) is 0 Å². The highest BCUT2D eigenvalue weighted by atomic mass is 32.1. The van der Waals surface area contributed by atoms with Crippen molar-refractivity contribution < 1.29 is 4.79 Å². The molecule has 33 heavy (non-hydrogen) atoms. The quantitative estimate of drug-likeness (QED) is 0.430. The summed E-state index contributed by atoms with van der Waals surface area (Å²) in [5, 5.41) is 4.28. The topological polar surface area (TPSA) is 48.5 Å². The van der Waals surface area contributed by atoms with Gasteiger partial charge in [0.25, 0.3) is 0 Å². The smallest absolute Gasteiger partial charge is 0.223 e. The van der Waals surface area contributed by atoms with Crippen LogP contribution >= 0.6 is 11.3 Å². The molecule has 1 aromatic heterocycles. The number of benzene rings is 2. The molecule has 5 nitrogen and oxygen atoms in total. The number of rotatable bonds is 9. The minimum atomic E-state index is 0.112. The molecular formula is C27H36N4OS. The third-order valence-electron chi connectivity index (χ3n) is 6.64. The van der Waals surface area contributed by atoms with E-state index >= 15 is 0 Å². The van der Waals surface area contributed by atoms with Gasteiger partial charge in [0.2, 0.25) is 5.91 Å². The molecule has 1 aliphatic rings. The lowest BCUT2D eigenvalue weighted by Gasteiger charge is -2.31. The van der Waals surface area contributed by atoms with E-state index in [1.807, 2.05) is 0 Å². The van der Waals surface area contributed by atoms with Crippen molar-refractivity contribution in [3.63, 3.8) is 0 Å². The molecule has 6 heteroatoms. The number of aryl methyl sites for hydroxylation is 2. The minimum absolute atomic E-state index is 0.112. The van der Waals surface area contributed by atoms with Crippen LogP contribution in [0.25, 0.3) is 10.2 Å². The fraction of sp³-hybridized carbons (Fsp3) is 0.481. The van der Waals surface area contributed by atoms with Crippen LogP contribution in [0.4, 0.5) is 10.8 Å². The molecule has 2 aromatic carbocycles. The lowest BCUT2D eigenvalue weighted by atomic mass is 9.96. The van der Waals surface area contributed by atoms with E-state index in [1.165, 1.54) is 21.5 Å². The molecule has 1 fully saturated rings. The van der Waals surface area contributed by atoms with Crippen LogP contribution in [-0.2, 0) is 11.2 Å². The number of aromatic nitrogens is 1. The Hall–Kier alpha value is -2.60. The Morgan fingerprint density at radius 3 is 2.73 bits per heavy atom. The molecule has 0 spiro atoms. The van der Waals surface area contributed by atoms with Gasteiger partial charge in [-0.1, -0.05) is 36.5 Å². The second-order valence-electron chi connectivity index (χ2n) is 8.98. The number of anilines is 2. The van der Waals surface area contributed by atoms with Gasteiger partial charge in [0.1, 0.15) is 0 Å². The van der Waals surface area contributed by atoms with Crippen molar-refractivity contribution in [2.45, 2.75) is 46.5 Å². The van der Waals surface area contributed by atoms with E-state index in [0.717, 1.165) is 69.1 Å². The van der Waals surface area contributed by atoms with Gasteiger partial charge in [0.15, 0.2) is 5.13 Å². The second kappa shape index (κ2) is 11.0. The van der Waals surface area contributed by atoms with Gasteiger partial charge in [0, 0.05) is 44.3 Å². The zero-order valence-corrected chi connectivity index (χ0v) is 21.0. The van der Waals surface area contributed by atoms with Gasteiger partial charge in [-0.05, 0) is 74.9 Å². The summed E-state index contributed by atoms with van der Waals surface area (Å²) in [6.45, 7) is 11.0. The molecule has 1 aliphatic heterocycles. The van der Waals surface area contributed by atoms with Crippen LogP contribution in [0.3, 0.4) is 0 Å². The molecule has 1 N–H and O–H groups in total. The van der Waals surface area contributed by atoms with Crippen molar-refractivity contribution in [1.29, 1.82) is 0 Å². The van der Waals surface area contributed by atoms with E-state index < -0.39 is 0 Å². The SMILES string of the molecule is CCc1ccc2nc(N3CCC(C(=O)NCCCN(CC)c4cccc(C)c4)CC3)sc2c1. The van der Waals surface area contributed by atoms with Gasteiger partial charge >= 0.3 is 0 Å². The van der Waals surface area contributed by atoms with Crippen molar-refractivity contribution in [2.75, 3.05) is 42.5 Å². The van der Waals surface area contributed by atoms with Crippen LogP contribution in [0.2, 0.25) is 0 Å². The Bertz CT molecular complexity index is 1070. The average molecular weight is 465 g/mol. The zero-order valence-electron chi connectivity index (χ0n) is 20.1. The summed E-state index contributed by atoms with van der Waals surface area (Å²) in [6.07, 6.45) is 3.79. The second-order valence-corrected chi connectivity index (χ2v) is 9.99. The first-order valence-corrected chi connectivity index (χ1v) is 13.1. The monoisotopic (exact) mass is 464 g/mol. The summed E-state index contributed by atoms with van der Waals surface area (Å²) >= 11 is 1.77. The molecule has 0 atom stereocenters. The van der Waals surface area contributed by atoms with Gasteiger partial charge in [-0.15, -0.1) is 0 Å². The van der Waals surface area contributed by atoms with Crippen molar-refractivity contribution in [2.24, 2.45) is 5.92 Å². The van der Waals surface area contributed by atoms with E-state index in [4.69, 9.17) is 4.98 Å². The largest absolute Gasteiger partial charge is 0.372 e. The summed E-state index contributed by atoms with van der Waals surface area (Å²) in [6, 6.07) is 15.2. The highest BCUT2D eigenvalue weighted by Crippen LogP contribution is 2.32. The van der Waals surface area contributed by atoms with Crippen LogP contribution in [0.5, 0.6) is 0 Å². The summed E-state index contributed by atoms with van der Waals surface area (Å²) in [4.78, 5) is 22.3. The maximum atomic E-state index is 12.7. The number of fused-ring (bicyclic) bond motifs is 1. The fourth-order valence-corrected chi connectivity index (χ4v) is 5.65. The maximum absolute atomic E-state index is 12.7. The molecular weight excluding hydrogens is 428 g/mol. The molecule has 1 amide bonds. The number of amides is 1. The third-order valence-corrected chi connectivity index (χ3v) is 7.72. The number of hydrogen-bond donors (Lipinski definition) is 1. The highest BCUT2D eigenvalue weighted by Gasteiger charge is 2.26. The molecule has 4 rings (SSSR count). The van der Waals surface area contributed by atoms with E-state index in [-0.39, 0.29) is 11.8 Å². The molecule has 0 radical (unpaired) electrons. The molecule has 0 bridgehead atoms.